The highest BCUT2D eigenvalue weighted by Crippen LogP contribution is 2.43. The number of aliphatic hydroxyl groups is 1. The third-order valence-corrected chi connectivity index (χ3v) is 3.24. The average molecular weight is 294 g/mol. The lowest BCUT2D eigenvalue weighted by Gasteiger charge is -2.22. The summed E-state index contributed by atoms with van der Waals surface area (Å²) in [6.45, 7) is 0.802. The summed E-state index contributed by atoms with van der Waals surface area (Å²) in [5.41, 5.74) is -1.54. The van der Waals surface area contributed by atoms with Gasteiger partial charge in [-0.15, -0.1) is 0 Å². The van der Waals surface area contributed by atoms with Gasteiger partial charge in [-0.2, -0.15) is 13.2 Å². The Balaban J connectivity index is 2.47. The monoisotopic (exact) mass is 294 g/mol. The van der Waals surface area contributed by atoms with Crippen LogP contribution in [0.15, 0.2) is 15.8 Å². The van der Waals surface area contributed by atoms with Gasteiger partial charge in [-0.05, 0) is 13.3 Å². The highest BCUT2D eigenvalue weighted by atomic mass is 19.4. The number of halogens is 3. The molecule has 112 valence electrons. The average Bonchev–Trinajstić information content (AvgIpc) is 2.77. The van der Waals surface area contributed by atoms with Crippen molar-refractivity contribution in [1.82, 2.24) is 9.55 Å². The Bertz CT molecular complexity index is 607. The Morgan fingerprint density at radius 3 is 2.70 bits per heavy atom. The number of nitrogens with one attached hydrogen (secondary N) is 1. The van der Waals surface area contributed by atoms with Crippen molar-refractivity contribution < 1.29 is 23.0 Å². The van der Waals surface area contributed by atoms with E-state index in [1.54, 1.807) is 0 Å². The lowest BCUT2D eigenvalue weighted by atomic mass is 10.0. The van der Waals surface area contributed by atoms with E-state index in [-0.39, 0.29) is 5.56 Å². The Kier molecular flexibility index (Phi) is 3.74. The molecule has 0 bridgehead atoms. The second-order valence-electron chi connectivity index (χ2n) is 4.69. The van der Waals surface area contributed by atoms with E-state index in [1.165, 1.54) is 6.92 Å². The topological polar surface area (TPSA) is 84.3 Å². The van der Waals surface area contributed by atoms with E-state index in [1.807, 2.05) is 4.98 Å². The molecule has 2 N–H and O–H groups in total. The van der Waals surface area contributed by atoms with Crippen LogP contribution in [0, 0.1) is 12.8 Å². The molecule has 0 aromatic carbocycles. The third-order valence-electron chi connectivity index (χ3n) is 3.24. The molecule has 20 heavy (non-hydrogen) atoms. The van der Waals surface area contributed by atoms with Gasteiger partial charge in [0.25, 0.3) is 5.56 Å². The van der Waals surface area contributed by atoms with E-state index in [4.69, 9.17) is 9.84 Å². The predicted molar refractivity (Wildman–Crippen MR) is 61.2 cm³/mol. The molecule has 1 aromatic heterocycles. The van der Waals surface area contributed by atoms with Gasteiger partial charge in [0.1, 0.15) is 12.1 Å². The highest BCUT2D eigenvalue weighted by molar-refractivity contribution is 5.02. The predicted octanol–water partition coefficient (Wildman–Crippen LogP) is 0.303. The number of hydrogen-bond donors (Lipinski definition) is 2. The van der Waals surface area contributed by atoms with Gasteiger partial charge in [-0.1, -0.05) is 0 Å². The van der Waals surface area contributed by atoms with Gasteiger partial charge in [0.15, 0.2) is 0 Å². The van der Waals surface area contributed by atoms with Crippen molar-refractivity contribution >= 4 is 0 Å². The molecule has 3 atom stereocenters. The Morgan fingerprint density at radius 2 is 2.15 bits per heavy atom. The first-order valence-electron chi connectivity index (χ1n) is 5.89. The quantitative estimate of drug-likeness (QED) is 0.822. The van der Waals surface area contributed by atoms with Crippen molar-refractivity contribution in [3.63, 3.8) is 0 Å². The van der Waals surface area contributed by atoms with E-state index < -0.39 is 48.7 Å². The number of ether oxygens (including phenoxy) is 1. The number of H-pyrrole nitrogens is 1. The summed E-state index contributed by atoms with van der Waals surface area (Å²) >= 11 is 0. The molecule has 1 aliphatic heterocycles. The Morgan fingerprint density at radius 1 is 1.50 bits per heavy atom. The molecule has 0 spiro atoms. The van der Waals surface area contributed by atoms with E-state index in [9.17, 15) is 22.8 Å². The summed E-state index contributed by atoms with van der Waals surface area (Å²) < 4.78 is 44.7. The van der Waals surface area contributed by atoms with E-state index in [0.29, 0.717) is 4.57 Å². The smallest absolute Gasteiger partial charge is 0.394 e. The summed E-state index contributed by atoms with van der Waals surface area (Å²) in [4.78, 5) is 24.8. The molecule has 2 rings (SSSR count). The zero-order chi connectivity index (χ0) is 15.1. The van der Waals surface area contributed by atoms with Gasteiger partial charge in [0.05, 0.1) is 12.7 Å². The summed E-state index contributed by atoms with van der Waals surface area (Å²) in [6, 6.07) is 0. The van der Waals surface area contributed by atoms with Crippen LogP contribution in [0.5, 0.6) is 0 Å². The number of aromatic amines is 1. The van der Waals surface area contributed by atoms with Crippen LogP contribution in [0.25, 0.3) is 0 Å². The molecule has 0 aliphatic carbocycles. The SMILES string of the molecule is Cc1cn([C@@H]2O[C@H](CO)C[C@H]2C(F)(F)F)c(=O)[nH]c1=O. The van der Waals surface area contributed by atoms with Crippen molar-refractivity contribution in [2.24, 2.45) is 5.92 Å². The molecule has 0 unspecified atom stereocenters. The van der Waals surface area contributed by atoms with Crippen LogP contribution in [0.3, 0.4) is 0 Å². The van der Waals surface area contributed by atoms with Crippen molar-refractivity contribution in [3.05, 3.63) is 32.6 Å². The number of aryl methyl sites for hydroxylation is 1. The number of hydrogen-bond acceptors (Lipinski definition) is 4. The van der Waals surface area contributed by atoms with Crippen LogP contribution in [-0.2, 0) is 4.74 Å². The molecular weight excluding hydrogens is 281 g/mol. The van der Waals surface area contributed by atoms with Crippen LogP contribution in [-0.4, -0.2) is 33.5 Å². The summed E-state index contributed by atoms with van der Waals surface area (Å²) in [5.74, 6) is -1.91. The molecular formula is C11H13F3N2O4. The first-order chi connectivity index (χ1) is 9.24. The van der Waals surface area contributed by atoms with Gasteiger partial charge < -0.3 is 9.84 Å². The fraction of sp³-hybridized carbons (Fsp3) is 0.636. The summed E-state index contributed by atoms with van der Waals surface area (Å²) in [5, 5.41) is 8.94. The Labute approximate surface area is 110 Å². The van der Waals surface area contributed by atoms with Gasteiger partial charge in [-0.25, -0.2) is 4.79 Å². The number of aliphatic hydroxyl groups excluding tert-OH is 1. The molecule has 9 heteroatoms. The van der Waals surface area contributed by atoms with Gasteiger partial charge in [-0.3, -0.25) is 14.3 Å². The summed E-state index contributed by atoms with van der Waals surface area (Å²) in [6.07, 6.45) is -6.56. The minimum atomic E-state index is -4.57. The van der Waals surface area contributed by atoms with Crippen LogP contribution < -0.4 is 11.2 Å². The molecule has 0 radical (unpaired) electrons. The lowest BCUT2D eigenvalue weighted by Crippen LogP contribution is -2.38. The van der Waals surface area contributed by atoms with Gasteiger partial charge >= 0.3 is 11.9 Å². The number of alkyl halides is 3. The molecule has 1 aliphatic rings. The third kappa shape index (κ3) is 2.63. The van der Waals surface area contributed by atoms with Crippen molar-refractivity contribution in [2.75, 3.05) is 6.61 Å². The maximum atomic E-state index is 13.0. The minimum Gasteiger partial charge on any atom is -0.394 e. The van der Waals surface area contributed by atoms with Crippen LogP contribution >= 0.6 is 0 Å². The zero-order valence-electron chi connectivity index (χ0n) is 10.5. The minimum absolute atomic E-state index is 0.0987. The van der Waals surface area contributed by atoms with Crippen LogP contribution in [0.2, 0.25) is 0 Å². The van der Waals surface area contributed by atoms with Crippen molar-refractivity contribution in [3.8, 4) is 0 Å². The van der Waals surface area contributed by atoms with Crippen molar-refractivity contribution in [2.45, 2.75) is 31.9 Å². The molecule has 1 fully saturated rings. The highest BCUT2D eigenvalue weighted by Gasteiger charge is 2.52. The molecule has 0 amide bonds. The van der Waals surface area contributed by atoms with Crippen LogP contribution in [0.4, 0.5) is 13.2 Å². The second-order valence-corrected chi connectivity index (χ2v) is 4.69. The molecule has 2 heterocycles. The normalized spacial score (nSPS) is 26.9. The first-order valence-corrected chi connectivity index (χ1v) is 5.89. The first kappa shape index (κ1) is 14.8. The van der Waals surface area contributed by atoms with E-state index in [2.05, 4.69) is 0 Å². The number of nitrogens with zero attached hydrogens (tertiary/aromatic N) is 1. The largest absolute Gasteiger partial charge is 0.396 e. The Hall–Kier alpha value is -1.61. The maximum absolute atomic E-state index is 13.0. The van der Waals surface area contributed by atoms with Crippen molar-refractivity contribution in [1.29, 1.82) is 0 Å². The van der Waals surface area contributed by atoms with E-state index >= 15 is 0 Å². The zero-order valence-corrected chi connectivity index (χ0v) is 10.5. The van der Waals surface area contributed by atoms with E-state index in [0.717, 1.165) is 6.20 Å². The number of aromatic nitrogens is 2. The molecule has 6 nitrogen and oxygen atoms in total. The molecule has 0 saturated carbocycles. The lowest BCUT2D eigenvalue weighted by molar-refractivity contribution is -0.198. The van der Waals surface area contributed by atoms with Crippen LogP contribution in [0.1, 0.15) is 18.2 Å². The van der Waals surface area contributed by atoms with Gasteiger partial charge in [0.2, 0.25) is 0 Å². The van der Waals surface area contributed by atoms with Gasteiger partial charge in [0, 0.05) is 11.8 Å². The second kappa shape index (κ2) is 5.06. The summed E-state index contributed by atoms with van der Waals surface area (Å²) in [7, 11) is 0. The molecule has 1 saturated heterocycles. The number of rotatable bonds is 2. The fourth-order valence-corrected chi connectivity index (χ4v) is 2.19. The molecule has 1 aromatic rings. The maximum Gasteiger partial charge on any atom is 0.396 e. The standard InChI is InChI=1S/C11H13F3N2O4/c1-5-3-16(10(19)15-8(5)18)9-7(11(12,13)14)2-6(4-17)20-9/h3,6-7,9,17H,2,4H2,1H3,(H,15,18,19)/t6-,7+,9+/m0/s1. The fourth-order valence-electron chi connectivity index (χ4n) is 2.19.